The number of ether oxygens (including phenoxy) is 2. The van der Waals surface area contributed by atoms with E-state index in [0.29, 0.717) is 18.7 Å². The molecule has 1 atom stereocenters. The Morgan fingerprint density at radius 1 is 1.00 bits per heavy atom. The number of fused-ring (bicyclic) bond motifs is 1. The molecule has 1 amide bonds. The summed E-state index contributed by atoms with van der Waals surface area (Å²) in [4.78, 5) is 15.1. The number of hydrazone groups is 1. The zero-order valence-electron chi connectivity index (χ0n) is 21.7. The predicted octanol–water partition coefficient (Wildman–Crippen LogP) is 5.24. The number of para-hydroxylation sites is 1. The van der Waals surface area contributed by atoms with E-state index in [4.69, 9.17) is 19.7 Å². The Labute approximate surface area is 221 Å². The number of anilines is 1. The minimum atomic E-state index is -0.293. The third kappa shape index (κ3) is 4.28. The Bertz CT molecular complexity index is 1510. The number of carbonyl (C=O) groups is 1. The van der Waals surface area contributed by atoms with Crippen LogP contribution in [-0.4, -0.2) is 40.2 Å². The summed E-state index contributed by atoms with van der Waals surface area (Å²) in [5.74, 6) is 2.24. The summed E-state index contributed by atoms with van der Waals surface area (Å²) >= 11 is 0. The molecule has 3 heterocycles. The minimum absolute atomic E-state index is 0.116. The van der Waals surface area contributed by atoms with Gasteiger partial charge < -0.3 is 14.4 Å². The van der Waals surface area contributed by atoms with Crippen LogP contribution < -0.4 is 14.4 Å². The van der Waals surface area contributed by atoms with Crippen molar-refractivity contribution >= 4 is 17.4 Å². The van der Waals surface area contributed by atoms with E-state index >= 15 is 0 Å². The molecule has 38 heavy (non-hydrogen) atoms. The number of aryl methyl sites for hydroxylation is 1. The van der Waals surface area contributed by atoms with Crippen molar-refractivity contribution in [1.82, 2.24) is 14.8 Å². The lowest BCUT2D eigenvalue weighted by Crippen LogP contribution is -2.27. The van der Waals surface area contributed by atoms with Crippen LogP contribution in [0.1, 0.15) is 41.8 Å². The number of rotatable bonds is 6. The van der Waals surface area contributed by atoms with Crippen molar-refractivity contribution in [2.24, 2.45) is 5.10 Å². The fourth-order valence-electron chi connectivity index (χ4n) is 5.24. The lowest BCUT2D eigenvalue weighted by Gasteiger charge is -2.27. The molecule has 0 N–H and O–H groups in total. The largest absolute Gasteiger partial charge is 0.454 e. The van der Waals surface area contributed by atoms with Crippen LogP contribution in [0.25, 0.3) is 5.69 Å². The van der Waals surface area contributed by atoms with Gasteiger partial charge in [0.15, 0.2) is 11.5 Å². The van der Waals surface area contributed by atoms with Gasteiger partial charge in [-0.3, -0.25) is 4.79 Å². The van der Waals surface area contributed by atoms with Gasteiger partial charge in [0.25, 0.3) is 0 Å². The first-order valence-corrected chi connectivity index (χ1v) is 12.7. The Kier molecular flexibility index (Phi) is 6.07. The maximum absolute atomic E-state index is 12.9. The van der Waals surface area contributed by atoms with E-state index in [1.165, 1.54) is 5.56 Å². The molecule has 3 aromatic carbocycles. The van der Waals surface area contributed by atoms with E-state index in [1.54, 1.807) is 11.9 Å². The second kappa shape index (κ2) is 9.70. The molecule has 2 aliphatic rings. The summed E-state index contributed by atoms with van der Waals surface area (Å²) in [6.07, 6.45) is 0.562. The molecule has 0 saturated carbocycles. The first kappa shape index (κ1) is 23.8. The molecular formula is C30H29N5O3. The summed E-state index contributed by atoms with van der Waals surface area (Å²) in [7, 11) is 2.07. The second-order valence-corrected chi connectivity index (χ2v) is 9.61. The van der Waals surface area contributed by atoms with Gasteiger partial charge in [-0.25, -0.2) is 9.69 Å². The maximum Gasteiger partial charge on any atom is 0.240 e. The zero-order valence-corrected chi connectivity index (χ0v) is 21.7. The van der Waals surface area contributed by atoms with E-state index in [2.05, 4.69) is 24.1 Å². The standard InChI is InChI=1S/C30H29N5O3/c1-20-29(26-17-25(32-34(26)21(2)36)23-14-15-27-28(16-23)38-19-37-27)30(33(3)18-22-10-6-4-7-11-22)35(31-20)24-12-8-5-9-13-24/h4-16,26H,17-19H2,1-3H3. The van der Waals surface area contributed by atoms with E-state index in [-0.39, 0.29) is 18.7 Å². The molecule has 2 aliphatic heterocycles. The van der Waals surface area contributed by atoms with Gasteiger partial charge in [0.05, 0.1) is 23.1 Å². The van der Waals surface area contributed by atoms with E-state index in [0.717, 1.165) is 39.8 Å². The number of benzene rings is 3. The van der Waals surface area contributed by atoms with Crippen LogP contribution in [-0.2, 0) is 11.3 Å². The fraction of sp³-hybridized carbons (Fsp3) is 0.233. The zero-order chi connectivity index (χ0) is 26.2. The average Bonchev–Trinajstić information content (AvgIpc) is 3.66. The van der Waals surface area contributed by atoms with Gasteiger partial charge in [0.1, 0.15) is 5.82 Å². The normalized spacial score (nSPS) is 16.0. The average molecular weight is 508 g/mol. The molecule has 1 aromatic heterocycles. The lowest BCUT2D eigenvalue weighted by molar-refractivity contribution is -0.130. The highest BCUT2D eigenvalue weighted by Gasteiger charge is 2.37. The van der Waals surface area contributed by atoms with Crippen molar-refractivity contribution in [3.8, 4) is 17.2 Å². The number of hydrogen-bond acceptors (Lipinski definition) is 6. The van der Waals surface area contributed by atoms with Gasteiger partial charge >= 0.3 is 0 Å². The Morgan fingerprint density at radius 3 is 2.45 bits per heavy atom. The van der Waals surface area contributed by atoms with Crippen molar-refractivity contribution < 1.29 is 14.3 Å². The van der Waals surface area contributed by atoms with Crippen LogP contribution in [0.4, 0.5) is 5.82 Å². The maximum atomic E-state index is 12.9. The smallest absolute Gasteiger partial charge is 0.240 e. The molecule has 192 valence electrons. The molecule has 0 bridgehead atoms. The fourth-order valence-corrected chi connectivity index (χ4v) is 5.24. The van der Waals surface area contributed by atoms with E-state index in [1.807, 2.05) is 78.3 Å². The molecule has 6 rings (SSSR count). The third-order valence-electron chi connectivity index (χ3n) is 6.98. The van der Waals surface area contributed by atoms with Gasteiger partial charge in [0.2, 0.25) is 12.7 Å². The van der Waals surface area contributed by atoms with Crippen molar-refractivity contribution in [3.63, 3.8) is 0 Å². The highest BCUT2D eigenvalue weighted by molar-refractivity contribution is 6.03. The number of nitrogens with zero attached hydrogens (tertiary/aromatic N) is 5. The lowest BCUT2D eigenvalue weighted by atomic mass is 9.97. The predicted molar refractivity (Wildman–Crippen MR) is 146 cm³/mol. The SMILES string of the molecule is CC(=O)N1N=C(c2ccc3c(c2)OCO3)CC1c1c(C)nn(-c2ccccc2)c1N(C)Cc1ccccc1. The molecular weight excluding hydrogens is 478 g/mol. The highest BCUT2D eigenvalue weighted by atomic mass is 16.7. The van der Waals surface area contributed by atoms with Crippen LogP contribution in [0.15, 0.2) is 84.0 Å². The molecule has 1 unspecified atom stereocenters. The number of hydrogen-bond donors (Lipinski definition) is 0. The quantitative estimate of drug-likeness (QED) is 0.357. The van der Waals surface area contributed by atoms with Crippen molar-refractivity contribution in [2.75, 3.05) is 18.7 Å². The molecule has 0 fully saturated rings. The molecule has 8 nitrogen and oxygen atoms in total. The Balaban J connectivity index is 1.43. The molecule has 0 aliphatic carbocycles. The van der Waals surface area contributed by atoms with Crippen molar-refractivity contribution in [1.29, 1.82) is 0 Å². The van der Waals surface area contributed by atoms with Gasteiger partial charge in [0, 0.05) is 38.1 Å². The Hall–Kier alpha value is -4.59. The number of aromatic nitrogens is 2. The topological polar surface area (TPSA) is 72.2 Å². The minimum Gasteiger partial charge on any atom is -0.454 e. The van der Waals surface area contributed by atoms with Gasteiger partial charge in [-0.05, 0) is 42.8 Å². The van der Waals surface area contributed by atoms with Gasteiger partial charge in [-0.1, -0.05) is 48.5 Å². The second-order valence-electron chi connectivity index (χ2n) is 9.61. The summed E-state index contributed by atoms with van der Waals surface area (Å²) in [6, 6.07) is 25.9. The first-order valence-electron chi connectivity index (χ1n) is 12.7. The summed E-state index contributed by atoms with van der Waals surface area (Å²) in [5.41, 5.74) is 5.74. The van der Waals surface area contributed by atoms with Crippen LogP contribution in [0.5, 0.6) is 11.5 Å². The molecule has 0 radical (unpaired) electrons. The first-order chi connectivity index (χ1) is 18.5. The van der Waals surface area contributed by atoms with E-state index in [9.17, 15) is 4.79 Å². The van der Waals surface area contributed by atoms with Crippen molar-refractivity contribution in [3.05, 3.63) is 101 Å². The number of carbonyl (C=O) groups excluding carboxylic acids is 1. The van der Waals surface area contributed by atoms with Crippen LogP contribution in [0.2, 0.25) is 0 Å². The van der Waals surface area contributed by atoms with E-state index < -0.39 is 0 Å². The molecule has 4 aromatic rings. The van der Waals surface area contributed by atoms with Crippen LogP contribution >= 0.6 is 0 Å². The molecule has 8 heteroatoms. The van der Waals surface area contributed by atoms with Crippen molar-refractivity contribution in [2.45, 2.75) is 32.9 Å². The summed E-state index contributed by atoms with van der Waals surface area (Å²) < 4.78 is 13.0. The Morgan fingerprint density at radius 2 is 1.71 bits per heavy atom. The van der Waals surface area contributed by atoms with Gasteiger partial charge in [-0.15, -0.1) is 0 Å². The van der Waals surface area contributed by atoms with Crippen LogP contribution in [0.3, 0.4) is 0 Å². The molecule has 0 spiro atoms. The highest BCUT2D eigenvalue weighted by Crippen LogP contribution is 2.42. The summed E-state index contributed by atoms with van der Waals surface area (Å²) in [6.45, 7) is 4.46. The monoisotopic (exact) mass is 507 g/mol. The van der Waals surface area contributed by atoms with Gasteiger partial charge in [-0.2, -0.15) is 10.2 Å². The molecule has 0 saturated heterocycles. The third-order valence-corrected chi connectivity index (χ3v) is 6.98. The van der Waals surface area contributed by atoms with Crippen LogP contribution in [0, 0.1) is 6.92 Å². The summed E-state index contributed by atoms with van der Waals surface area (Å²) in [5, 5.41) is 11.4. The number of amides is 1.